The maximum atomic E-state index is 12.3. The van der Waals surface area contributed by atoms with Crippen LogP contribution in [-0.2, 0) is 16.1 Å². The molecular weight excluding hydrogens is 280 g/mol. The van der Waals surface area contributed by atoms with Crippen molar-refractivity contribution in [2.24, 2.45) is 5.41 Å². The molecule has 0 saturated carbocycles. The number of rotatable bonds is 7. The van der Waals surface area contributed by atoms with Crippen LogP contribution >= 0.6 is 0 Å². The average Bonchev–Trinajstić information content (AvgIpc) is 2.52. The van der Waals surface area contributed by atoms with Gasteiger partial charge in [0.1, 0.15) is 11.2 Å². The molecule has 5 heteroatoms. The first-order valence-corrected chi connectivity index (χ1v) is 7.54. The second-order valence-corrected chi connectivity index (χ2v) is 5.90. The van der Waals surface area contributed by atoms with Crippen LogP contribution in [0.25, 0.3) is 0 Å². The summed E-state index contributed by atoms with van der Waals surface area (Å²) in [4.78, 5) is 24.5. The van der Waals surface area contributed by atoms with E-state index in [1.807, 2.05) is 38.1 Å². The monoisotopic (exact) mass is 306 g/mol. The Morgan fingerprint density at radius 3 is 2.45 bits per heavy atom. The van der Waals surface area contributed by atoms with Crippen molar-refractivity contribution in [3.8, 4) is 5.75 Å². The topological polar surface area (TPSA) is 67.4 Å². The predicted molar refractivity (Wildman–Crippen MR) is 86.5 cm³/mol. The molecular formula is C17H26N2O3. The first-order chi connectivity index (χ1) is 10.3. The molecule has 1 rings (SSSR count). The first kappa shape index (κ1) is 18.0. The molecule has 0 spiro atoms. The van der Waals surface area contributed by atoms with Crippen LogP contribution in [0.2, 0.25) is 0 Å². The maximum Gasteiger partial charge on any atom is 0.235 e. The molecule has 22 heavy (non-hydrogen) atoms. The highest BCUT2D eigenvalue weighted by Gasteiger charge is 2.36. The highest BCUT2D eigenvalue weighted by Crippen LogP contribution is 2.19. The SMILES string of the molecule is CCC(C)NC(=O)C(C)(C)C(=O)NCc1ccccc1OC. The lowest BCUT2D eigenvalue weighted by Gasteiger charge is -2.25. The van der Waals surface area contributed by atoms with Crippen molar-refractivity contribution < 1.29 is 14.3 Å². The van der Waals surface area contributed by atoms with Crippen molar-refractivity contribution in [1.82, 2.24) is 10.6 Å². The summed E-state index contributed by atoms with van der Waals surface area (Å²) in [6.07, 6.45) is 0.824. The van der Waals surface area contributed by atoms with Gasteiger partial charge in [0.15, 0.2) is 0 Å². The van der Waals surface area contributed by atoms with Gasteiger partial charge in [-0.3, -0.25) is 9.59 Å². The van der Waals surface area contributed by atoms with Gasteiger partial charge in [0.2, 0.25) is 11.8 Å². The molecule has 2 N–H and O–H groups in total. The van der Waals surface area contributed by atoms with Gasteiger partial charge in [-0.15, -0.1) is 0 Å². The van der Waals surface area contributed by atoms with Gasteiger partial charge >= 0.3 is 0 Å². The Kier molecular flexibility index (Phi) is 6.40. The van der Waals surface area contributed by atoms with E-state index in [2.05, 4.69) is 10.6 Å². The van der Waals surface area contributed by atoms with Crippen molar-refractivity contribution in [3.05, 3.63) is 29.8 Å². The van der Waals surface area contributed by atoms with Crippen LogP contribution in [-0.4, -0.2) is 25.0 Å². The molecule has 0 fully saturated rings. The van der Waals surface area contributed by atoms with Gasteiger partial charge in [-0.1, -0.05) is 25.1 Å². The highest BCUT2D eigenvalue weighted by molar-refractivity contribution is 6.04. The van der Waals surface area contributed by atoms with Crippen LogP contribution in [0.15, 0.2) is 24.3 Å². The van der Waals surface area contributed by atoms with Crippen molar-refractivity contribution >= 4 is 11.8 Å². The maximum absolute atomic E-state index is 12.3. The largest absolute Gasteiger partial charge is 0.496 e. The van der Waals surface area contributed by atoms with Crippen molar-refractivity contribution in [2.75, 3.05) is 7.11 Å². The van der Waals surface area contributed by atoms with E-state index < -0.39 is 5.41 Å². The summed E-state index contributed by atoms with van der Waals surface area (Å²) in [7, 11) is 1.59. The molecule has 0 aromatic heterocycles. The standard InChI is InChI=1S/C17H26N2O3/c1-6-12(2)19-16(21)17(3,4)15(20)18-11-13-9-7-8-10-14(13)22-5/h7-10,12H,6,11H2,1-5H3,(H,18,20)(H,19,21). The van der Waals surface area contributed by atoms with E-state index in [-0.39, 0.29) is 17.9 Å². The molecule has 0 bridgehead atoms. The quantitative estimate of drug-likeness (QED) is 0.759. The number of amides is 2. The van der Waals surface area contributed by atoms with Gasteiger partial charge in [0.05, 0.1) is 7.11 Å². The first-order valence-electron chi connectivity index (χ1n) is 7.54. The normalized spacial score (nSPS) is 12.4. The van der Waals surface area contributed by atoms with Crippen LogP contribution in [0.1, 0.15) is 39.7 Å². The zero-order chi connectivity index (χ0) is 16.8. The fraction of sp³-hybridized carbons (Fsp3) is 0.529. The van der Waals surface area contributed by atoms with Gasteiger partial charge < -0.3 is 15.4 Å². The zero-order valence-electron chi connectivity index (χ0n) is 14.0. The molecule has 122 valence electrons. The van der Waals surface area contributed by atoms with Crippen LogP contribution in [0.5, 0.6) is 5.75 Å². The highest BCUT2D eigenvalue weighted by atomic mass is 16.5. The summed E-state index contributed by atoms with van der Waals surface area (Å²) in [5.41, 5.74) is -0.248. The Labute approximate surface area is 132 Å². The predicted octanol–water partition coefficient (Wildman–Crippen LogP) is 2.25. The average molecular weight is 306 g/mol. The fourth-order valence-corrected chi connectivity index (χ4v) is 1.85. The van der Waals surface area contributed by atoms with Crippen molar-refractivity contribution in [2.45, 2.75) is 46.7 Å². The molecule has 1 atom stereocenters. The molecule has 0 aliphatic heterocycles. The molecule has 5 nitrogen and oxygen atoms in total. The summed E-state index contributed by atoms with van der Waals surface area (Å²) in [5, 5.41) is 5.65. The minimum Gasteiger partial charge on any atom is -0.496 e. The Morgan fingerprint density at radius 1 is 1.23 bits per heavy atom. The molecule has 1 unspecified atom stereocenters. The number of ether oxygens (including phenoxy) is 1. The summed E-state index contributed by atoms with van der Waals surface area (Å²) in [6.45, 7) is 7.48. The summed E-state index contributed by atoms with van der Waals surface area (Å²) in [5.74, 6) is 0.142. The number of benzene rings is 1. The second-order valence-electron chi connectivity index (χ2n) is 5.90. The fourth-order valence-electron chi connectivity index (χ4n) is 1.85. The minimum atomic E-state index is -1.12. The number of nitrogens with one attached hydrogen (secondary N) is 2. The van der Waals surface area contributed by atoms with Gasteiger partial charge in [0, 0.05) is 18.2 Å². The number of methoxy groups -OCH3 is 1. The molecule has 2 amide bonds. The third kappa shape index (κ3) is 4.48. The lowest BCUT2D eigenvalue weighted by atomic mass is 9.90. The molecule has 1 aromatic carbocycles. The number of para-hydroxylation sites is 1. The van der Waals surface area contributed by atoms with E-state index in [0.29, 0.717) is 12.3 Å². The van der Waals surface area contributed by atoms with Crippen molar-refractivity contribution in [3.63, 3.8) is 0 Å². The minimum absolute atomic E-state index is 0.0498. The lowest BCUT2D eigenvalue weighted by molar-refractivity contribution is -0.141. The van der Waals surface area contributed by atoms with Crippen LogP contribution in [0.4, 0.5) is 0 Å². The molecule has 0 aliphatic carbocycles. The van der Waals surface area contributed by atoms with E-state index in [1.54, 1.807) is 21.0 Å². The number of carbonyl (C=O) groups is 2. The third-order valence-electron chi connectivity index (χ3n) is 3.76. The zero-order valence-corrected chi connectivity index (χ0v) is 14.0. The van der Waals surface area contributed by atoms with Crippen LogP contribution in [0.3, 0.4) is 0 Å². The molecule has 0 radical (unpaired) electrons. The van der Waals surface area contributed by atoms with E-state index in [1.165, 1.54) is 0 Å². The Bertz CT molecular complexity index is 526. The van der Waals surface area contributed by atoms with Gasteiger partial charge in [-0.05, 0) is 33.3 Å². The van der Waals surface area contributed by atoms with E-state index in [9.17, 15) is 9.59 Å². The summed E-state index contributed by atoms with van der Waals surface area (Å²) < 4.78 is 5.25. The van der Waals surface area contributed by atoms with E-state index in [0.717, 1.165) is 12.0 Å². The number of hydrogen-bond acceptors (Lipinski definition) is 3. The van der Waals surface area contributed by atoms with E-state index in [4.69, 9.17) is 4.74 Å². The molecule has 0 heterocycles. The van der Waals surface area contributed by atoms with E-state index >= 15 is 0 Å². The Balaban J connectivity index is 2.69. The second kappa shape index (κ2) is 7.82. The molecule has 0 saturated heterocycles. The Hall–Kier alpha value is -2.04. The number of hydrogen-bond donors (Lipinski definition) is 2. The third-order valence-corrected chi connectivity index (χ3v) is 3.76. The summed E-state index contributed by atoms with van der Waals surface area (Å²) in [6, 6.07) is 7.51. The van der Waals surface area contributed by atoms with Gasteiger partial charge in [-0.25, -0.2) is 0 Å². The van der Waals surface area contributed by atoms with Crippen molar-refractivity contribution in [1.29, 1.82) is 0 Å². The van der Waals surface area contributed by atoms with Gasteiger partial charge in [0.25, 0.3) is 0 Å². The molecule has 0 aliphatic rings. The van der Waals surface area contributed by atoms with Gasteiger partial charge in [-0.2, -0.15) is 0 Å². The Morgan fingerprint density at radius 2 is 1.86 bits per heavy atom. The summed E-state index contributed by atoms with van der Waals surface area (Å²) >= 11 is 0. The molecule has 1 aromatic rings. The smallest absolute Gasteiger partial charge is 0.235 e. The lowest BCUT2D eigenvalue weighted by Crippen LogP contribution is -2.49. The van der Waals surface area contributed by atoms with Crippen LogP contribution in [0, 0.1) is 5.41 Å². The number of carbonyl (C=O) groups excluding carboxylic acids is 2. The van der Waals surface area contributed by atoms with Crippen LogP contribution < -0.4 is 15.4 Å².